The van der Waals surface area contributed by atoms with Gasteiger partial charge in [0.05, 0.1) is 0 Å². The van der Waals surface area contributed by atoms with Crippen molar-refractivity contribution in [3.8, 4) is 0 Å². The molecule has 4 heteroatoms. The number of hydrogen-bond acceptors (Lipinski definition) is 0. The summed E-state index contributed by atoms with van der Waals surface area (Å²) in [5.74, 6) is 0. The Morgan fingerprint density at radius 2 is 0.500 bits per heavy atom. The van der Waals surface area contributed by atoms with Gasteiger partial charge in [-0.25, -0.2) is 0 Å². The van der Waals surface area contributed by atoms with Gasteiger partial charge >= 0.3 is 0 Å². The van der Waals surface area contributed by atoms with Crippen molar-refractivity contribution in [2.75, 3.05) is 0 Å². The minimum absolute atomic E-state index is 0. The largest absolute Gasteiger partial charge is 0.412 e. The van der Waals surface area contributed by atoms with E-state index in [2.05, 4.69) is 0 Å². The second-order valence-corrected chi connectivity index (χ2v) is 0. The molecular weight excluding hydrogens is 416 g/mol. The van der Waals surface area contributed by atoms with Crippen LogP contribution in [0.3, 0.4) is 0 Å². The molecule has 0 amide bonds. The summed E-state index contributed by atoms with van der Waals surface area (Å²) in [6.45, 7) is 0. The molecule has 0 saturated carbocycles. The maximum Gasteiger partial charge on any atom is 0 e. The molecule has 4 heavy (non-hydrogen) atoms. The summed E-state index contributed by atoms with van der Waals surface area (Å²) >= 11 is 0. The van der Waals surface area contributed by atoms with E-state index >= 15 is 0 Å². The Hall–Kier alpha value is 1.22. The van der Waals surface area contributed by atoms with Crippen LogP contribution in [0.15, 0.2) is 0 Å². The van der Waals surface area contributed by atoms with E-state index in [1.807, 2.05) is 0 Å². The van der Waals surface area contributed by atoms with Crippen LogP contribution in [0.5, 0.6) is 0 Å². The molecular formula is H4Ir2O2. The molecule has 2 nitrogen and oxygen atoms in total. The van der Waals surface area contributed by atoms with E-state index in [1.165, 1.54) is 0 Å². The van der Waals surface area contributed by atoms with Crippen molar-refractivity contribution < 1.29 is 51.2 Å². The van der Waals surface area contributed by atoms with Crippen LogP contribution in [-0.4, -0.2) is 11.0 Å². The molecule has 4 N–H and O–H groups in total. The van der Waals surface area contributed by atoms with Crippen molar-refractivity contribution in [1.82, 2.24) is 0 Å². The van der Waals surface area contributed by atoms with Gasteiger partial charge in [-0.05, 0) is 0 Å². The third kappa shape index (κ3) is 10.7. The zero-order valence-corrected chi connectivity index (χ0v) is 6.46. The summed E-state index contributed by atoms with van der Waals surface area (Å²) in [7, 11) is 0. The molecule has 0 aromatic rings. The summed E-state index contributed by atoms with van der Waals surface area (Å²) in [5, 5.41) is 0. The molecule has 0 rings (SSSR count). The Balaban J connectivity index is 0. The fraction of sp³-hybridized carbons (Fsp3) is 0. The van der Waals surface area contributed by atoms with Crippen molar-refractivity contribution in [2.45, 2.75) is 0 Å². The molecule has 0 aliphatic rings. The van der Waals surface area contributed by atoms with Gasteiger partial charge in [-0.2, -0.15) is 0 Å². The third-order valence-electron chi connectivity index (χ3n) is 0. The van der Waals surface area contributed by atoms with Crippen molar-refractivity contribution >= 4 is 0 Å². The summed E-state index contributed by atoms with van der Waals surface area (Å²) in [5.41, 5.74) is 0. The van der Waals surface area contributed by atoms with Gasteiger partial charge in [0.25, 0.3) is 0 Å². The predicted molar refractivity (Wildman–Crippen MR) is 7.23 cm³/mol. The van der Waals surface area contributed by atoms with Crippen LogP contribution >= 0.6 is 0 Å². The van der Waals surface area contributed by atoms with Crippen LogP contribution in [0.25, 0.3) is 0 Å². The summed E-state index contributed by atoms with van der Waals surface area (Å²) < 4.78 is 0. The molecule has 2 radical (unpaired) electrons. The quantitative estimate of drug-likeness (QED) is 0.451. The van der Waals surface area contributed by atoms with Gasteiger partial charge in [0.1, 0.15) is 0 Å². The molecule has 0 aromatic heterocycles. The minimum atomic E-state index is 0. The number of rotatable bonds is 0. The first kappa shape index (κ1) is 62.5. The average Bonchev–Trinajstić information content (AvgIpc) is 0. The fourth-order valence-corrected chi connectivity index (χ4v) is 0. The van der Waals surface area contributed by atoms with E-state index < -0.39 is 0 Å². The Kier molecular flexibility index (Phi) is 460. The molecule has 0 spiro atoms. The Bertz CT molecular complexity index is 4.00. The maximum atomic E-state index is 0. The van der Waals surface area contributed by atoms with Crippen LogP contribution in [0, 0.1) is 0 Å². The molecule has 0 bridgehead atoms. The van der Waals surface area contributed by atoms with Crippen molar-refractivity contribution in [2.24, 2.45) is 0 Å². The molecule has 0 fully saturated rings. The zero-order valence-electron chi connectivity index (χ0n) is 1.67. The van der Waals surface area contributed by atoms with Crippen LogP contribution in [0.1, 0.15) is 0 Å². The predicted octanol–water partition coefficient (Wildman–Crippen LogP) is -1.65. The standard InChI is InChI=1S/2Ir.2H2O/h;;2*1H2. The molecule has 0 saturated heterocycles. The third-order valence-corrected chi connectivity index (χ3v) is 0. The van der Waals surface area contributed by atoms with Crippen molar-refractivity contribution in [3.05, 3.63) is 0 Å². The molecule has 0 aliphatic carbocycles. The van der Waals surface area contributed by atoms with Gasteiger partial charge in [-0.15, -0.1) is 0 Å². The average molecular weight is 420 g/mol. The van der Waals surface area contributed by atoms with Gasteiger partial charge in [0.2, 0.25) is 0 Å². The second-order valence-electron chi connectivity index (χ2n) is 0. The van der Waals surface area contributed by atoms with Crippen molar-refractivity contribution in [3.63, 3.8) is 0 Å². The molecule has 0 heterocycles. The molecule has 0 atom stereocenters. The van der Waals surface area contributed by atoms with Crippen LogP contribution in [0.4, 0.5) is 0 Å². The van der Waals surface area contributed by atoms with Crippen LogP contribution in [0.2, 0.25) is 0 Å². The first-order valence-electron chi connectivity index (χ1n) is 0. The topological polar surface area (TPSA) is 63.0 Å². The zero-order chi connectivity index (χ0) is 0. The van der Waals surface area contributed by atoms with E-state index in [1.54, 1.807) is 0 Å². The molecule has 0 aliphatic heterocycles. The maximum absolute atomic E-state index is 0. The Morgan fingerprint density at radius 1 is 0.500 bits per heavy atom. The molecule has 0 unspecified atom stereocenters. The smallest absolute Gasteiger partial charge is 0 e. The van der Waals surface area contributed by atoms with Gasteiger partial charge in [0, 0.05) is 40.2 Å². The van der Waals surface area contributed by atoms with Gasteiger partial charge in [0.15, 0.2) is 0 Å². The van der Waals surface area contributed by atoms with Gasteiger partial charge < -0.3 is 11.0 Å². The van der Waals surface area contributed by atoms with E-state index in [0.717, 1.165) is 0 Å². The van der Waals surface area contributed by atoms with Gasteiger partial charge in [-0.3, -0.25) is 0 Å². The minimum Gasteiger partial charge on any atom is -0.412 e. The summed E-state index contributed by atoms with van der Waals surface area (Å²) in [6, 6.07) is 0. The van der Waals surface area contributed by atoms with E-state index in [0.29, 0.717) is 0 Å². The summed E-state index contributed by atoms with van der Waals surface area (Å²) in [4.78, 5) is 0. The first-order valence-corrected chi connectivity index (χ1v) is 0. The number of hydrogen-bond donors (Lipinski definition) is 0. The van der Waals surface area contributed by atoms with E-state index in [-0.39, 0.29) is 51.2 Å². The van der Waals surface area contributed by atoms with Gasteiger partial charge in [-0.1, -0.05) is 0 Å². The SMILES string of the molecule is O.O.[Ir].[Ir]. The van der Waals surface area contributed by atoms with Crippen LogP contribution < -0.4 is 0 Å². The van der Waals surface area contributed by atoms with Crippen LogP contribution in [-0.2, 0) is 40.2 Å². The normalized spacial score (nSPS) is 0. The summed E-state index contributed by atoms with van der Waals surface area (Å²) in [6.07, 6.45) is 0. The van der Waals surface area contributed by atoms with E-state index in [9.17, 15) is 0 Å². The monoisotopic (exact) mass is 422 g/mol. The fourth-order valence-electron chi connectivity index (χ4n) is 0. The molecule has 0 aromatic carbocycles. The first-order chi connectivity index (χ1) is 0. The van der Waals surface area contributed by atoms with E-state index in [4.69, 9.17) is 0 Å². The second kappa shape index (κ2) is 29.4. The van der Waals surface area contributed by atoms with Crippen molar-refractivity contribution in [1.29, 1.82) is 0 Å². The Morgan fingerprint density at radius 3 is 0.500 bits per heavy atom. The Labute approximate surface area is 51.3 Å². The molecule has 34 valence electrons.